The van der Waals surface area contributed by atoms with E-state index in [2.05, 4.69) is 10.6 Å². The molecule has 3 aromatic rings. The predicted molar refractivity (Wildman–Crippen MR) is 103 cm³/mol. The maximum Gasteiger partial charge on any atom is 0.251 e. The van der Waals surface area contributed by atoms with E-state index in [4.69, 9.17) is 0 Å². The first-order valence-electron chi connectivity index (χ1n) is 8.58. The van der Waals surface area contributed by atoms with E-state index in [1.807, 2.05) is 36.4 Å². The molecule has 4 nitrogen and oxygen atoms in total. The average molecular weight is 362 g/mol. The second kappa shape index (κ2) is 8.76. The van der Waals surface area contributed by atoms with E-state index in [1.54, 1.807) is 30.3 Å². The number of halogens is 1. The maximum atomic E-state index is 13.4. The highest BCUT2D eigenvalue weighted by Gasteiger charge is 2.22. The molecule has 0 aliphatic heterocycles. The number of carbonyl (C=O) groups excluding carboxylic acids is 2. The number of anilines is 1. The van der Waals surface area contributed by atoms with E-state index in [9.17, 15) is 14.0 Å². The van der Waals surface area contributed by atoms with Gasteiger partial charge in [0.25, 0.3) is 5.91 Å². The van der Waals surface area contributed by atoms with Crippen LogP contribution in [0.1, 0.15) is 15.9 Å². The van der Waals surface area contributed by atoms with Crippen LogP contribution in [0.4, 0.5) is 10.1 Å². The van der Waals surface area contributed by atoms with Crippen LogP contribution in [0.3, 0.4) is 0 Å². The van der Waals surface area contributed by atoms with Gasteiger partial charge in [-0.05, 0) is 35.9 Å². The SMILES string of the molecule is O=C(N[C@@H](Cc1ccccc1)C(=O)Nc1cccc(F)c1)c1ccccc1. The van der Waals surface area contributed by atoms with Gasteiger partial charge in [0.2, 0.25) is 5.91 Å². The van der Waals surface area contributed by atoms with Gasteiger partial charge in [0.1, 0.15) is 11.9 Å². The Hall–Kier alpha value is -3.47. The van der Waals surface area contributed by atoms with Gasteiger partial charge in [-0.1, -0.05) is 54.6 Å². The number of rotatable bonds is 6. The van der Waals surface area contributed by atoms with E-state index in [0.29, 0.717) is 17.7 Å². The van der Waals surface area contributed by atoms with Crippen LogP contribution >= 0.6 is 0 Å². The summed E-state index contributed by atoms with van der Waals surface area (Å²) in [6.07, 6.45) is 0.320. The molecule has 0 aliphatic rings. The van der Waals surface area contributed by atoms with Gasteiger partial charge in [0.15, 0.2) is 0 Å². The van der Waals surface area contributed by atoms with Crippen LogP contribution in [0, 0.1) is 5.82 Å². The number of amides is 2. The molecule has 0 saturated heterocycles. The Bertz CT molecular complexity index is 914. The van der Waals surface area contributed by atoms with E-state index < -0.39 is 17.8 Å². The normalized spacial score (nSPS) is 11.4. The van der Waals surface area contributed by atoms with Crippen molar-refractivity contribution in [3.8, 4) is 0 Å². The fourth-order valence-electron chi connectivity index (χ4n) is 2.69. The van der Waals surface area contributed by atoms with Gasteiger partial charge in [-0.3, -0.25) is 9.59 Å². The molecular weight excluding hydrogens is 343 g/mol. The molecule has 3 rings (SSSR count). The van der Waals surface area contributed by atoms with Gasteiger partial charge >= 0.3 is 0 Å². The minimum atomic E-state index is -0.802. The molecule has 5 heteroatoms. The van der Waals surface area contributed by atoms with E-state index in [1.165, 1.54) is 18.2 Å². The number of hydrogen-bond acceptors (Lipinski definition) is 2. The average Bonchev–Trinajstić information content (AvgIpc) is 2.69. The van der Waals surface area contributed by atoms with Crippen molar-refractivity contribution in [2.75, 3.05) is 5.32 Å². The third-order valence-corrected chi connectivity index (χ3v) is 4.03. The van der Waals surface area contributed by atoms with Crippen molar-refractivity contribution in [2.45, 2.75) is 12.5 Å². The first kappa shape index (κ1) is 18.3. The summed E-state index contributed by atoms with van der Waals surface area (Å²) < 4.78 is 13.4. The monoisotopic (exact) mass is 362 g/mol. The van der Waals surface area contributed by atoms with Crippen LogP contribution in [0.2, 0.25) is 0 Å². The molecule has 0 radical (unpaired) electrons. The van der Waals surface area contributed by atoms with Crippen LogP contribution < -0.4 is 10.6 Å². The Morgan fingerprint density at radius 2 is 1.52 bits per heavy atom. The fourth-order valence-corrected chi connectivity index (χ4v) is 2.69. The quantitative estimate of drug-likeness (QED) is 0.701. The number of benzene rings is 3. The van der Waals surface area contributed by atoms with Crippen LogP contribution in [0.15, 0.2) is 84.9 Å². The van der Waals surface area contributed by atoms with E-state index >= 15 is 0 Å². The number of carbonyl (C=O) groups is 2. The topological polar surface area (TPSA) is 58.2 Å². The molecule has 0 aromatic heterocycles. The molecule has 0 heterocycles. The molecule has 0 unspecified atom stereocenters. The summed E-state index contributed by atoms with van der Waals surface area (Å²) in [5, 5.41) is 5.44. The summed E-state index contributed by atoms with van der Waals surface area (Å²) >= 11 is 0. The molecule has 2 N–H and O–H groups in total. The Morgan fingerprint density at radius 3 is 2.19 bits per heavy atom. The van der Waals surface area contributed by atoms with Gasteiger partial charge < -0.3 is 10.6 Å². The lowest BCUT2D eigenvalue weighted by molar-refractivity contribution is -0.118. The summed E-state index contributed by atoms with van der Waals surface area (Å²) in [4.78, 5) is 25.3. The van der Waals surface area contributed by atoms with Crippen LogP contribution in [0.5, 0.6) is 0 Å². The van der Waals surface area contributed by atoms with Gasteiger partial charge in [-0.2, -0.15) is 0 Å². The second-order valence-electron chi connectivity index (χ2n) is 6.08. The fraction of sp³-hybridized carbons (Fsp3) is 0.0909. The first-order chi connectivity index (χ1) is 13.1. The molecule has 0 fully saturated rings. The van der Waals surface area contributed by atoms with Crippen LogP contribution in [0.25, 0.3) is 0 Å². The highest BCUT2D eigenvalue weighted by Crippen LogP contribution is 2.12. The summed E-state index contributed by atoms with van der Waals surface area (Å²) in [6, 6.07) is 22.9. The molecule has 0 spiro atoms. The van der Waals surface area contributed by atoms with Crippen LogP contribution in [-0.2, 0) is 11.2 Å². The maximum absolute atomic E-state index is 13.4. The molecular formula is C22H19FN2O2. The summed E-state index contributed by atoms with van der Waals surface area (Å²) in [7, 11) is 0. The highest BCUT2D eigenvalue weighted by atomic mass is 19.1. The first-order valence-corrected chi connectivity index (χ1v) is 8.58. The molecule has 27 heavy (non-hydrogen) atoms. The van der Waals surface area contributed by atoms with E-state index in [-0.39, 0.29) is 5.91 Å². The molecule has 0 aliphatic carbocycles. The van der Waals surface area contributed by atoms with Gasteiger partial charge in [0.05, 0.1) is 0 Å². The number of nitrogens with one attached hydrogen (secondary N) is 2. The molecule has 1 atom stereocenters. The van der Waals surface area contributed by atoms with Gasteiger partial charge in [-0.25, -0.2) is 4.39 Å². The Balaban J connectivity index is 1.78. The van der Waals surface area contributed by atoms with Crippen molar-refractivity contribution in [3.63, 3.8) is 0 Å². The molecule has 2 amide bonds. The predicted octanol–water partition coefficient (Wildman–Crippen LogP) is 3.81. The highest BCUT2D eigenvalue weighted by molar-refractivity contribution is 6.01. The van der Waals surface area contributed by atoms with Crippen molar-refractivity contribution in [3.05, 3.63) is 102 Å². The molecule has 3 aromatic carbocycles. The summed E-state index contributed by atoms with van der Waals surface area (Å²) in [6.45, 7) is 0. The lowest BCUT2D eigenvalue weighted by Crippen LogP contribution is -2.45. The smallest absolute Gasteiger partial charge is 0.251 e. The van der Waals surface area contributed by atoms with Crippen molar-refractivity contribution < 1.29 is 14.0 Å². The van der Waals surface area contributed by atoms with Gasteiger partial charge in [0, 0.05) is 17.7 Å². The molecule has 0 saturated carbocycles. The minimum Gasteiger partial charge on any atom is -0.340 e. The Kier molecular flexibility index (Phi) is 5.94. The third kappa shape index (κ3) is 5.25. The van der Waals surface area contributed by atoms with Gasteiger partial charge in [-0.15, -0.1) is 0 Å². The lowest BCUT2D eigenvalue weighted by atomic mass is 10.0. The van der Waals surface area contributed by atoms with Crippen molar-refractivity contribution >= 4 is 17.5 Å². The second-order valence-corrected chi connectivity index (χ2v) is 6.08. The molecule has 0 bridgehead atoms. The van der Waals surface area contributed by atoms with Crippen molar-refractivity contribution in [1.29, 1.82) is 0 Å². The Labute approximate surface area is 157 Å². The standard InChI is InChI=1S/C22H19FN2O2/c23-18-12-7-13-19(15-18)24-22(27)20(14-16-8-3-1-4-9-16)25-21(26)17-10-5-2-6-11-17/h1-13,15,20H,14H2,(H,24,27)(H,25,26)/t20-/m0/s1. The van der Waals surface area contributed by atoms with Crippen molar-refractivity contribution in [2.24, 2.45) is 0 Å². The lowest BCUT2D eigenvalue weighted by Gasteiger charge is -2.19. The minimum absolute atomic E-state index is 0.320. The third-order valence-electron chi connectivity index (χ3n) is 4.03. The van der Waals surface area contributed by atoms with Crippen LogP contribution in [-0.4, -0.2) is 17.9 Å². The zero-order valence-electron chi connectivity index (χ0n) is 14.6. The summed E-state index contributed by atoms with van der Waals surface area (Å²) in [5.41, 5.74) is 1.71. The van der Waals surface area contributed by atoms with Crippen molar-refractivity contribution in [1.82, 2.24) is 5.32 Å². The zero-order valence-corrected chi connectivity index (χ0v) is 14.6. The number of hydrogen-bond donors (Lipinski definition) is 2. The van der Waals surface area contributed by atoms with E-state index in [0.717, 1.165) is 5.56 Å². The largest absolute Gasteiger partial charge is 0.340 e. The Morgan fingerprint density at radius 1 is 0.852 bits per heavy atom. The zero-order chi connectivity index (χ0) is 19.1. The summed E-state index contributed by atoms with van der Waals surface area (Å²) in [5.74, 6) is -1.19. The molecule has 136 valence electrons.